The quantitative estimate of drug-likeness (QED) is 0.658. The van der Waals surface area contributed by atoms with Crippen molar-refractivity contribution in [3.63, 3.8) is 0 Å². The first-order chi connectivity index (χ1) is 8.61. The van der Waals surface area contributed by atoms with Crippen molar-refractivity contribution in [2.24, 2.45) is 11.8 Å². The number of nitrogens with two attached hydrogens (primary N) is 1. The molecule has 3 unspecified atom stereocenters. The van der Waals surface area contributed by atoms with Crippen LogP contribution in [-0.2, 0) is 11.2 Å². The second-order valence-corrected chi connectivity index (χ2v) is 6.06. The zero-order valence-corrected chi connectivity index (χ0v) is 12.7. The van der Waals surface area contributed by atoms with Gasteiger partial charge in [-0.05, 0) is 37.5 Å². The monoisotopic (exact) mass is 332 g/mol. The van der Waals surface area contributed by atoms with Gasteiger partial charge in [0.15, 0.2) is 0 Å². The maximum absolute atomic E-state index is 6.24. The van der Waals surface area contributed by atoms with Crippen molar-refractivity contribution in [2.45, 2.75) is 31.9 Å². The number of hydrogen-bond donors (Lipinski definition) is 2. The molecule has 0 aliphatic carbocycles. The van der Waals surface area contributed by atoms with Gasteiger partial charge in [-0.3, -0.25) is 11.3 Å². The Morgan fingerprint density at radius 3 is 2.94 bits per heavy atom. The third-order valence-corrected chi connectivity index (χ3v) is 4.47. The van der Waals surface area contributed by atoms with Crippen molar-refractivity contribution in [1.29, 1.82) is 0 Å². The van der Waals surface area contributed by atoms with Crippen LogP contribution in [0.25, 0.3) is 0 Å². The van der Waals surface area contributed by atoms with Crippen molar-refractivity contribution in [3.8, 4) is 0 Å². The molecule has 5 heteroatoms. The minimum Gasteiger partial charge on any atom is -0.378 e. The zero-order chi connectivity index (χ0) is 13.1. The summed E-state index contributed by atoms with van der Waals surface area (Å²) in [7, 11) is 0. The lowest BCUT2D eigenvalue weighted by atomic mass is 9.89. The molecular weight excluding hydrogens is 316 g/mol. The van der Waals surface area contributed by atoms with Crippen LogP contribution in [0.5, 0.6) is 0 Å². The molecule has 0 spiro atoms. The third-order valence-electron chi connectivity index (χ3n) is 3.62. The number of benzene rings is 1. The van der Waals surface area contributed by atoms with Crippen molar-refractivity contribution in [1.82, 2.24) is 5.43 Å². The molecule has 0 saturated carbocycles. The summed E-state index contributed by atoms with van der Waals surface area (Å²) in [6.07, 6.45) is 2.12. The van der Waals surface area contributed by atoms with E-state index < -0.39 is 0 Å². The van der Waals surface area contributed by atoms with Gasteiger partial charge in [0.1, 0.15) is 0 Å². The number of hydrogen-bond acceptors (Lipinski definition) is 3. The second-order valence-electron chi connectivity index (χ2n) is 4.74. The van der Waals surface area contributed by atoms with Crippen LogP contribution in [0.2, 0.25) is 5.02 Å². The van der Waals surface area contributed by atoms with Crippen molar-refractivity contribution in [3.05, 3.63) is 33.3 Å². The van der Waals surface area contributed by atoms with E-state index in [0.717, 1.165) is 34.5 Å². The SMILES string of the molecule is CC1OCCC1C(Cc1ccc(Br)cc1Cl)NN. The molecule has 0 bridgehead atoms. The largest absolute Gasteiger partial charge is 0.378 e. The Balaban J connectivity index is 2.10. The van der Waals surface area contributed by atoms with Crippen LogP contribution in [0.15, 0.2) is 22.7 Å². The molecule has 100 valence electrons. The third kappa shape index (κ3) is 3.25. The minimum absolute atomic E-state index is 0.196. The van der Waals surface area contributed by atoms with Crippen molar-refractivity contribution >= 4 is 27.5 Å². The van der Waals surface area contributed by atoms with Crippen LogP contribution >= 0.6 is 27.5 Å². The highest BCUT2D eigenvalue weighted by atomic mass is 79.9. The van der Waals surface area contributed by atoms with E-state index >= 15 is 0 Å². The zero-order valence-electron chi connectivity index (χ0n) is 10.3. The molecule has 1 aliphatic rings. The second kappa shape index (κ2) is 6.35. The van der Waals surface area contributed by atoms with E-state index in [0.29, 0.717) is 5.92 Å². The lowest BCUT2D eigenvalue weighted by Crippen LogP contribution is -2.44. The molecule has 1 aromatic rings. The van der Waals surface area contributed by atoms with Crippen LogP contribution in [0.1, 0.15) is 18.9 Å². The lowest BCUT2D eigenvalue weighted by molar-refractivity contribution is 0.0954. The molecule has 1 saturated heterocycles. The van der Waals surface area contributed by atoms with Gasteiger partial charge in [0.2, 0.25) is 0 Å². The van der Waals surface area contributed by atoms with Gasteiger partial charge in [0.25, 0.3) is 0 Å². The van der Waals surface area contributed by atoms with E-state index in [1.54, 1.807) is 0 Å². The summed E-state index contributed by atoms with van der Waals surface area (Å²) in [5, 5.41) is 0.774. The van der Waals surface area contributed by atoms with Gasteiger partial charge in [0, 0.05) is 28.1 Å². The van der Waals surface area contributed by atoms with Crippen LogP contribution < -0.4 is 11.3 Å². The smallest absolute Gasteiger partial charge is 0.0591 e. The van der Waals surface area contributed by atoms with Gasteiger partial charge in [0.05, 0.1) is 6.10 Å². The minimum atomic E-state index is 0.196. The fourth-order valence-electron chi connectivity index (χ4n) is 2.53. The molecule has 18 heavy (non-hydrogen) atoms. The summed E-state index contributed by atoms with van der Waals surface area (Å²) >= 11 is 9.65. The normalized spacial score (nSPS) is 25.3. The number of hydrazine groups is 1. The summed E-state index contributed by atoms with van der Waals surface area (Å²) in [5.41, 5.74) is 4.03. The molecule has 2 rings (SSSR count). The Hall–Kier alpha value is -0.130. The lowest BCUT2D eigenvalue weighted by Gasteiger charge is -2.25. The molecule has 1 fully saturated rings. The maximum Gasteiger partial charge on any atom is 0.0591 e. The van der Waals surface area contributed by atoms with Crippen molar-refractivity contribution < 1.29 is 4.74 Å². The van der Waals surface area contributed by atoms with Crippen LogP contribution in [-0.4, -0.2) is 18.8 Å². The Labute approximate surface area is 121 Å². The predicted octanol–water partition coefficient (Wildman–Crippen LogP) is 2.90. The fourth-order valence-corrected chi connectivity index (χ4v) is 3.29. The van der Waals surface area contributed by atoms with Crippen LogP contribution in [0.4, 0.5) is 0 Å². The first kappa shape index (κ1) is 14.3. The summed E-state index contributed by atoms with van der Waals surface area (Å²) in [4.78, 5) is 0. The molecule has 3 N–H and O–H groups in total. The average Bonchev–Trinajstić information content (AvgIpc) is 2.75. The Bertz CT molecular complexity index is 416. The predicted molar refractivity (Wildman–Crippen MR) is 77.5 cm³/mol. The molecule has 1 aliphatic heterocycles. The average molecular weight is 334 g/mol. The molecule has 0 aromatic heterocycles. The number of ether oxygens (including phenoxy) is 1. The van der Waals surface area contributed by atoms with Gasteiger partial charge < -0.3 is 4.74 Å². The van der Waals surface area contributed by atoms with E-state index in [9.17, 15) is 0 Å². The van der Waals surface area contributed by atoms with Gasteiger partial charge in [-0.25, -0.2) is 0 Å². The summed E-state index contributed by atoms with van der Waals surface area (Å²) < 4.78 is 6.59. The van der Waals surface area contributed by atoms with Gasteiger partial charge in [-0.15, -0.1) is 0 Å². The molecule has 0 amide bonds. The van der Waals surface area contributed by atoms with Crippen LogP contribution in [0, 0.1) is 5.92 Å². The molecular formula is C13H18BrClN2O. The summed E-state index contributed by atoms with van der Waals surface area (Å²) in [6, 6.07) is 6.15. The van der Waals surface area contributed by atoms with E-state index in [2.05, 4.69) is 28.3 Å². The highest BCUT2D eigenvalue weighted by molar-refractivity contribution is 9.10. The number of rotatable bonds is 4. The highest BCUT2D eigenvalue weighted by Crippen LogP contribution is 2.28. The van der Waals surface area contributed by atoms with E-state index in [1.807, 2.05) is 18.2 Å². The number of nitrogens with one attached hydrogen (secondary N) is 1. The number of halogens is 2. The molecule has 1 heterocycles. The van der Waals surface area contributed by atoms with Gasteiger partial charge >= 0.3 is 0 Å². The van der Waals surface area contributed by atoms with Gasteiger partial charge in [-0.1, -0.05) is 33.6 Å². The van der Waals surface area contributed by atoms with E-state index in [-0.39, 0.29) is 12.1 Å². The first-order valence-corrected chi connectivity index (χ1v) is 7.30. The summed E-state index contributed by atoms with van der Waals surface area (Å²) in [5.74, 6) is 6.12. The Kier molecular flexibility index (Phi) is 5.04. The standard InChI is InChI=1S/C13H18BrClN2O/c1-8-11(4-5-18-8)13(17-16)6-9-2-3-10(14)7-12(9)15/h2-3,7-8,11,13,17H,4-6,16H2,1H3. The van der Waals surface area contributed by atoms with E-state index in [1.165, 1.54) is 0 Å². The highest BCUT2D eigenvalue weighted by Gasteiger charge is 2.31. The summed E-state index contributed by atoms with van der Waals surface area (Å²) in [6.45, 7) is 2.92. The molecule has 0 radical (unpaired) electrons. The molecule has 3 nitrogen and oxygen atoms in total. The topological polar surface area (TPSA) is 47.3 Å². The van der Waals surface area contributed by atoms with Crippen molar-refractivity contribution in [2.75, 3.05) is 6.61 Å². The first-order valence-electron chi connectivity index (χ1n) is 6.13. The van der Waals surface area contributed by atoms with E-state index in [4.69, 9.17) is 22.2 Å². The maximum atomic E-state index is 6.24. The molecule has 1 aromatic carbocycles. The van der Waals surface area contributed by atoms with Crippen LogP contribution in [0.3, 0.4) is 0 Å². The van der Waals surface area contributed by atoms with Gasteiger partial charge in [-0.2, -0.15) is 0 Å². The fraction of sp³-hybridized carbons (Fsp3) is 0.538. The Morgan fingerprint density at radius 1 is 1.61 bits per heavy atom. The molecule has 3 atom stereocenters. The Morgan fingerprint density at radius 2 is 2.39 bits per heavy atom.